The Morgan fingerprint density at radius 1 is 0.968 bits per heavy atom. The summed E-state index contributed by atoms with van der Waals surface area (Å²) < 4.78 is 47.1. The minimum Gasteiger partial charge on any atom is -0.385 e. The summed E-state index contributed by atoms with van der Waals surface area (Å²) in [4.78, 5) is 61.9. The van der Waals surface area contributed by atoms with E-state index in [-0.39, 0.29) is 47.9 Å². The number of carbonyl (C=O) groups excluding carboxylic acids is 4. The minimum absolute atomic E-state index is 0.0792. The van der Waals surface area contributed by atoms with E-state index in [0.29, 0.717) is 42.8 Å². The third kappa shape index (κ3) is 7.10. The molecule has 2 aliphatic carbocycles. The zero-order valence-corrected chi connectivity index (χ0v) is 35.1. The molecule has 6 aliphatic rings. The summed E-state index contributed by atoms with van der Waals surface area (Å²) in [6, 6.07) is 11.6. The minimum atomic E-state index is -3.07. The molecule has 6 heterocycles. The summed E-state index contributed by atoms with van der Waals surface area (Å²) in [5.74, 6) is -2.94. The SMILES string of the molecule is CNc1cc(N2CCc3c(C4CCC(CN5CC6(CCN(C(=O)c7ccc(Cl)c(N8CCC(=O)NC8=O)c7)CC6(F)F)C5)CC4)cccc32)nn2c(C(=O)N[C@@H]3C[C@@H]3F)cnc12. The van der Waals surface area contributed by atoms with Gasteiger partial charge in [0.25, 0.3) is 17.7 Å². The van der Waals surface area contributed by atoms with Gasteiger partial charge >= 0.3 is 6.03 Å². The summed E-state index contributed by atoms with van der Waals surface area (Å²) in [5, 5.41) is 13.2. The first-order chi connectivity index (χ1) is 29.8. The molecule has 326 valence electrons. The molecule has 5 amide bonds. The Hall–Kier alpha value is -5.42. The Morgan fingerprint density at radius 2 is 1.74 bits per heavy atom. The number of fused-ring (bicyclic) bond motifs is 2. The number of hydrogen-bond donors (Lipinski definition) is 3. The van der Waals surface area contributed by atoms with Crippen molar-refractivity contribution < 1.29 is 32.3 Å². The molecule has 2 saturated carbocycles. The van der Waals surface area contributed by atoms with Crippen LogP contribution in [-0.4, -0.2) is 119 Å². The molecule has 2 atom stereocenters. The van der Waals surface area contributed by atoms with Crippen LogP contribution in [0.3, 0.4) is 0 Å². The van der Waals surface area contributed by atoms with Gasteiger partial charge in [-0.05, 0) is 85.8 Å². The number of rotatable bonds is 9. The topological polar surface area (TPSA) is 148 Å². The normalized spacial score (nSPS) is 25.4. The van der Waals surface area contributed by atoms with E-state index in [1.165, 1.54) is 49.8 Å². The first kappa shape index (κ1) is 40.6. The Morgan fingerprint density at radius 3 is 2.47 bits per heavy atom. The highest BCUT2D eigenvalue weighted by molar-refractivity contribution is 6.34. The van der Waals surface area contributed by atoms with Crippen LogP contribution in [-0.2, 0) is 11.2 Å². The fourth-order valence-corrected chi connectivity index (χ4v) is 10.7. The number of imidazole rings is 1. The number of anilines is 4. The summed E-state index contributed by atoms with van der Waals surface area (Å²) in [6.07, 6.45) is 5.95. The van der Waals surface area contributed by atoms with E-state index in [0.717, 1.165) is 56.6 Å². The summed E-state index contributed by atoms with van der Waals surface area (Å²) in [5.41, 5.74) is 4.45. The number of halogens is 4. The van der Waals surface area contributed by atoms with Crippen LogP contribution >= 0.6 is 11.6 Å². The van der Waals surface area contributed by atoms with Crippen molar-refractivity contribution in [1.29, 1.82) is 0 Å². The molecular formula is C44H48ClF3N10O4. The van der Waals surface area contributed by atoms with Crippen LogP contribution in [0.15, 0.2) is 48.7 Å². The van der Waals surface area contributed by atoms with Gasteiger partial charge < -0.3 is 25.3 Å². The van der Waals surface area contributed by atoms with Crippen molar-refractivity contribution in [2.24, 2.45) is 11.3 Å². The zero-order valence-electron chi connectivity index (χ0n) is 34.3. The molecule has 5 fully saturated rings. The van der Waals surface area contributed by atoms with Crippen LogP contribution in [0.25, 0.3) is 5.65 Å². The Labute approximate surface area is 361 Å². The summed E-state index contributed by atoms with van der Waals surface area (Å²) in [6.45, 7) is 1.73. The Kier molecular flexibility index (Phi) is 10.1. The highest BCUT2D eigenvalue weighted by Gasteiger charge is 2.63. The maximum Gasteiger partial charge on any atom is 0.328 e. The second kappa shape index (κ2) is 15.4. The molecule has 3 N–H and O–H groups in total. The monoisotopic (exact) mass is 872 g/mol. The molecule has 18 heteroatoms. The van der Waals surface area contributed by atoms with Crippen molar-refractivity contribution >= 4 is 63.9 Å². The van der Waals surface area contributed by atoms with Crippen molar-refractivity contribution in [2.75, 3.05) is 68.0 Å². The van der Waals surface area contributed by atoms with Crippen molar-refractivity contribution in [3.63, 3.8) is 0 Å². The molecule has 1 spiro atoms. The average molecular weight is 873 g/mol. The lowest BCUT2D eigenvalue weighted by Crippen LogP contribution is -2.70. The smallest absolute Gasteiger partial charge is 0.328 e. The molecule has 0 bridgehead atoms. The number of amides is 5. The highest BCUT2D eigenvalue weighted by Crippen LogP contribution is 2.51. The van der Waals surface area contributed by atoms with E-state index < -0.39 is 53.8 Å². The second-order valence-corrected chi connectivity index (χ2v) is 18.3. The number of alkyl halides is 3. The number of piperidine rings is 1. The zero-order chi connectivity index (χ0) is 43.1. The number of imide groups is 1. The van der Waals surface area contributed by atoms with Gasteiger partial charge in [-0.25, -0.2) is 27.5 Å². The van der Waals surface area contributed by atoms with Gasteiger partial charge in [0.15, 0.2) is 17.2 Å². The van der Waals surface area contributed by atoms with Gasteiger partial charge in [0, 0.05) is 76.5 Å². The van der Waals surface area contributed by atoms with Crippen LogP contribution in [0.1, 0.15) is 82.8 Å². The van der Waals surface area contributed by atoms with E-state index in [2.05, 4.69) is 48.9 Å². The third-order valence-corrected chi connectivity index (χ3v) is 14.4. The number of aromatic nitrogens is 3. The van der Waals surface area contributed by atoms with Gasteiger partial charge in [-0.1, -0.05) is 23.7 Å². The molecule has 4 aromatic rings. The molecule has 10 rings (SSSR count). The molecule has 2 aromatic carbocycles. The highest BCUT2D eigenvalue weighted by atomic mass is 35.5. The molecule has 3 saturated heterocycles. The molecule has 14 nitrogen and oxygen atoms in total. The van der Waals surface area contributed by atoms with E-state index in [4.69, 9.17) is 16.7 Å². The Bertz CT molecular complexity index is 2490. The van der Waals surface area contributed by atoms with E-state index in [9.17, 15) is 23.6 Å². The number of nitrogens with one attached hydrogen (secondary N) is 3. The van der Waals surface area contributed by atoms with Crippen LogP contribution in [0, 0.1) is 11.3 Å². The fourth-order valence-electron chi connectivity index (χ4n) is 10.4. The lowest BCUT2D eigenvalue weighted by atomic mass is 9.68. The lowest BCUT2D eigenvalue weighted by Gasteiger charge is -2.58. The van der Waals surface area contributed by atoms with Crippen LogP contribution in [0.4, 0.5) is 40.8 Å². The maximum atomic E-state index is 16.0. The molecule has 2 aromatic heterocycles. The molecule has 62 heavy (non-hydrogen) atoms. The second-order valence-electron chi connectivity index (χ2n) is 17.9. The number of benzene rings is 2. The molecule has 4 aliphatic heterocycles. The van der Waals surface area contributed by atoms with E-state index >= 15 is 8.78 Å². The van der Waals surface area contributed by atoms with Crippen molar-refractivity contribution in [2.45, 2.75) is 75.4 Å². The van der Waals surface area contributed by atoms with E-state index in [1.807, 2.05) is 6.07 Å². The fraction of sp³-hybridized carbons (Fsp3) is 0.500. The number of urea groups is 1. The lowest BCUT2D eigenvalue weighted by molar-refractivity contribution is -0.220. The number of likely N-dealkylation sites (tertiary alicyclic amines) is 2. The van der Waals surface area contributed by atoms with Crippen LogP contribution in [0.5, 0.6) is 0 Å². The van der Waals surface area contributed by atoms with Crippen LogP contribution < -0.4 is 25.8 Å². The molecular weight excluding hydrogens is 825 g/mol. The number of hydrogen-bond acceptors (Lipinski definition) is 9. The standard InChI is InChI=1S/C44H48ClF3N10O4/c1-49-33-19-37(53-58-36(20-50-39(33)58)40(60)51-32-18-31(32)46)56-14-11-29-28(3-2-4-34(29)56)26-7-5-25(6-8-26)21-54-22-43(23-54)13-16-55(24-44(43,47)48)41(61)27-9-10-30(45)35(17-27)57-15-12-38(59)52-42(57)62/h2-4,9-10,17,19-20,25-26,31-32,49H,5-8,11-16,18,21-24H2,1H3,(H,51,60)(H,52,59,62)/t25?,26?,31-,32+/m0/s1. The van der Waals surface area contributed by atoms with Gasteiger partial charge in [-0.15, -0.1) is 5.10 Å². The third-order valence-electron chi connectivity index (χ3n) is 14.0. The van der Waals surface area contributed by atoms with Crippen molar-refractivity contribution in [1.82, 2.24) is 35.0 Å². The van der Waals surface area contributed by atoms with Gasteiger partial charge in [0.05, 0.1) is 40.6 Å². The van der Waals surface area contributed by atoms with Crippen molar-refractivity contribution in [3.8, 4) is 0 Å². The van der Waals surface area contributed by atoms with Gasteiger partial charge in [0.1, 0.15) is 6.17 Å². The maximum absolute atomic E-state index is 16.0. The predicted molar refractivity (Wildman–Crippen MR) is 226 cm³/mol. The van der Waals surface area contributed by atoms with Gasteiger partial charge in [-0.3, -0.25) is 24.6 Å². The molecule has 0 unspecified atom stereocenters. The van der Waals surface area contributed by atoms with Crippen molar-refractivity contribution in [3.05, 3.63) is 76.1 Å². The largest absolute Gasteiger partial charge is 0.385 e. The quantitative estimate of drug-likeness (QED) is 0.180. The number of carbonyl (C=O) groups is 4. The predicted octanol–water partition coefficient (Wildman–Crippen LogP) is 6.16. The molecule has 0 radical (unpaired) electrons. The van der Waals surface area contributed by atoms with Gasteiger partial charge in [0.2, 0.25) is 5.91 Å². The summed E-state index contributed by atoms with van der Waals surface area (Å²) >= 11 is 6.36. The van der Waals surface area contributed by atoms with Crippen LogP contribution in [0.2, 0.25) is 5.02 Å². The number of nitrogens with zero attached hydrogens (tertiary/aromatic N) is 7. The Balaban J connectivity index is 0.748. The first-order valence-electron chi connectivity index (χ1n) is 21.5. The van der Waals surface area contributed by atoms with E-state index in [1.54, 1.807) is 7.05 Å². The average Bonchev–Trinajstić information content (AvgIpc) is 3.56. The van der Waals surface area contributed by atoms with Gasteiger partial charge in [-0.2, -0.15) is 0 Å². The summed E-state index contributed by atoms with van der Waals surface area (Å²) in [7, 11) is 1.80. The first-order valence-corrected chi connectivity index (χ1v) is 21.9.